The van der Waals surface area contributed by atoms with Crippen LogP contribution in [0.15, 0.2) is 23.2 Å². The van der Waals surface area contributed by atoms with Gasteiger partial charge in [0.05, 0.1) is 18.8 Å². The molecule has 0 fully saturated rings. The third-order valence-corrected chi connectivity index (χ3v) is 4.63. The highest BCUT2D eigenvalue weighted by Gasteiger charge is 2.04. The molecule has 0 atom stereocenters. The van der Waals surface area contributed by atoms with Crippen LogP contribution in [0.2, 0.25) is 0 Å². The summed E-state index contributed by atoms with van der Waals surface area (Å²) in [7, 11) is 1.76. The van der Waals surface area contributed by atoms with Gasteiger partial charge >= 0.3 is 0 Å². The highest BCUT2D eigenvalue weighted by Crippen LogP contribution is 2.16. The fraction of sp³-hybridized carbons (Fsp3) is 0.444. The quantitative estimate of drug-likeness (QED) is 0.479. The Kier molecular flexibility index (Phi) is 6.61. The molecule has 0 unspecified atom stereocenters. The van der Waals surface area contributed by atoms with Crippen molar-refractivity contribution in [3.63, 3.8) is 0 Å². The van der Waals surface area contributed by atoms with Crippen molar-refractivity contribution in [1.29, 1.82) is 0 Å². The zero-order valence-electron chi connectivity index (χ0n) is 15.1. The zero-order valence-corrected chi connectivity index (χ0v) is 15.9. The maximum Gasteiger partial charge on any atom is 0.191 e. The lowest BCUT2D eigenvalue weighted by Crippen LogP contribution is -2.38. The minimum absolute atomic E-state index is 0.582. The number of hydrogen-bond donors (Lipinski definition) is 2. The van der Waals surface area contributed by atoms with E-state index in [0.717, 1.165) is 22.4 Å². The van der Waals surface area contributed by atoms with E-state index in [4.69, 9.17) is 4.74 Å². The van der Waals surface area contributed by atoms with E-state index in [1.54, 1.807) is 18.4 Å². The number of thiazole rings is 1. The number of aromatic nitrogens is 1. The lowest BCUT2D eigenvalue weighted by Gasteiger charge is -2.12. The van der Waals surface area contributed by atoms with Gasteiger partial charge < -0.3 is 15.4 Å². The minimum Gasteiger partial charge on any atom is -0.492 e. The maximum absolute atomic E-state index is 5.79. The van der Waals surface area contributed by atoms with Gasteiger partial charge in [-0.3, -0.25) is 4.99 Å². The number of aliphatic imine (C=N–C) groups is 1. The summed E-state index contributed by atoms with van der Waals surface area (Å²) >= 11 is 1.71. The minimum atomic E-state index is 0.582. The SMILES string of the molecule is CN=C(NCCOc1cc(C)cc(C)c1)NCc1nc(C)c(C)s1. The molecule has 0 bridgehead atoms. The van der Waals surface area contributed by atoms with Crippen molar-refractivity contribution in [3.8, 4) is 5.75 Å². The third-order valence-electron chi connectivity index (χ3n) is 3.56. The summed E-state index contributed by atoms with van der Waals surface area (Å²) < 4.78 is 5.79. The molecule has 2 rings (SSSR count). The van der Waals surface area contributed by atoms with Crippen molar-refractivity contribution in [2.24, 2.45) is 4.99 Å². The van der Waals surface area contributed by atoms with Gasteiger partial charge in [-0.2, -0.15) is 0 Å². The van der Waals surface area contributed by atoms with Crippen LogP contribution in [0.1, 0.15) is 26.7 Å². The third kappa shape index (κ3) is 5.53. The van der Waals surface area contributed by atoms with Crippen LogP contribution in [-0.4, -0.2) is 31.1 Å². The number of nitrogens with one attached hydrogen (secondary N) is 2. The number of hydrogen-bond acceptors (Lipinski definition) is 4. The molecule has 6 heteroatoms. The highest BCUT2D eigenvalue weighted by molar-refractivity contribution is 7.11. The summed E-state index contributed by atoms with van der Waals surface area (Å²) in [6.45, 7) is 10.2. The van der Waals surface area contributed by atoms with Crippen molar-refractivity contribution in [3.05, 3.63) is 44.9 Å². The molecule has 5 nitrogen and oxygen atoms in total. The summed E-state index contributed by atoms with van der Waals surface area (Å²) in [4.78, 5) is 10.00. The second kappa shape index (κ2) is 8.68. The molecule has 2 aromatic rings. The molecule has 1 heterocycles. The number of rotatable bonds is 6. The predicted octanol–water partition coefficient (Wildman–Crippen LogP) is 3.12. The fourth-order valence-electron chi connectivity index (χ4n) is 2.35. The average Bonchev–Trinajstić information content (AvgIpc) is 2.84. The van der Waals surface area contributed by atoms with E-state index in [0.29, 0.717) is 19.7 Å². The Labute approximate surface area is 148 Å². The number of ether oxygens (including phenoxy) is 1. The molecular weight excluding hydrogens is 320 g/mol. The van der Waals surface area contributed by atoms with Crippen molar-refractivity contribution in [2.75, 3.05) is 20.2 Å². The Morgan fingerprint density at radius 1 is 1.12 bits per heavy atom. The van der Waals surface area contributed by atoms with Gasteiger partial charge in [-0.05, 0) is 51.0 Å². The summed E-state index contributed by atoms with van der Waals surface area (Å²) in [5, 5.41) is 7.59. The molecule has 0 aliphatic rings. The van der Waals surface area contributed by atoms with Gasteiger partial charge in [0.1, 0.15) is 17.4 Å². The Morgan fingerprint density at radius 3 is 2.42 bits per heavy atom. The molecule has 0 saturated carbocycles. The molecule has 2 N–H and O–H groups in total. The van der Waals surface area contributed by atoms with Gasteiger partial charge in [0.25, 0.3) is 0 Å². The largest absolute Gasteiger partial charge is 0.492 e. The molecule has 0 aliphatic heterocycles. The van der Waals surface area contributed by atoms with Crippen molar-refractivity contribution < 1.29 is 4.74 Å². The van der Waals surface area contributed by atoms with Crippen LogP contribution >= 0.6 is 11.3 Å². The first-order valence-electron chi connectivity index (χ1n) is 8.06. The first-order valence-corrected chi connectivity index (χ1v) is 8.88. The highest BCUT2D eigenvalue weighted by atomic mass is 32.1. The van der Waals surface area contributed by atoms with Crippen LogP contribution in [0.3, 0.4) is 0 Å². The molecule has 0 aliphatic carbocycles. The summed E-state index contributed by atoms with van der Waals surface area (Å²) in [5.74, 6) is 1.66. The van der Waals surface area contributed by atoms with Crippen molar-refractivity contribution in [2.45, 2.75) is 34.2 Å². The predicted molar refractivity (Wildman–Crippen MR) is 101 cm³/mol. The van der Waals surface area contributed by atoms with Crippen LogP contribution in [0.25, 0.3) is 0 Å². The van der Waals surface area contributed by atoms with Gasteiger partial charge in [-0.1, -0.05) is 6.07 Å². The molecule has 0 spiro atoms. The van der Waals surface area contributed by atoms with Crippen LogP contribution in [0.4, 0.5) is 0 Å². The number of guanidine groups is 1. The molecule has 0 saturated heterocycles. The Balaban J connectivity index is 1.73. The van der Waals surface area contributed by atoms with Gasteiger partial charge in [-0.15, -0.1) is 11.3 Å². The van der Waals surface area contributed by atoms with E-state index < -0.39 is 0 Å². The summed E-state index contributed by atoms with van der Waals surface area (Å²) in [5.41, 5.74) is 3.52. The average molecular weight is 347 g/mol. The molecule has 130 valence electrons. The Morgan fingerprint density at radius 2 is 1.83 bits per heavy atom. The van der Waals surface area contributed by atoms with Crippen LogP contribution in [0, 0.1) is 27.7 Å². The second-order valence-electron chi connectivity index (χ2n) is 5.77. The van der Waals surface area contributed by atoms with E-state index in [-0.39, 0.29) is 0 Å². The van der Waals surface area contributed by atoms with Gasteiger partial charge in [-0.25, -0.2) is 4.98 Å². The Hall–Kier alpha value is -2.08. The normalized spacial score (nSPS) is 11.5. The Bertz CT molecular complexity index is 669. The molecule has 24 heavy (non-hydrogen) atoms. The van der Waals surface area contributed by atoms with Crippen LogP contribution < -0.4 is 15.4 Å². The van der Waals surface area contributed by atoms with Crippen molar-refractivity contribution >= 4 is 17.3 Å². The summed E-state index contributed by atoms with van der Waals surface area (Å²) in [6, 6.07) is 6.24. The second-order valence-corrected chi connectivity index (χ2v) is 7.06. The van der Waals surface area contributed by atoms with Crippen LogP contribution in [-0.2, 0) is 6.54 Å². The topological polar surface area (TPSA) is 58.5 Å². The van der Waals surface area contributed by atoms with E-state index in [1.165, 1.54) is 16.0 Å². The van der Waals surface area contributed by atoms with E-state index in [1.807, 2.05) is 19.1 Å². The number of nitrogens with zero attached hydrogens (tertiary/aromatic N) is 2. The molecule has 1 aromatic carbocycles. The fourth-order valence-corrected chi connectivity index (χ4v) is 3.22. The lowest BCUT2D eigenvalue weighted by atomic mass is 10.1. The number of benzene rings is 1. The van der Waals surface area contributed by atoms with E-state index >= 15 is 0 Å². The number of aryl methyl sites for hydroxylation is 4. The monoisotopic (exact) mass is 346 g/mol. The first kappa shape index (κ1) is 18.3. The van der Waals surface area contributed by atoms with E-state index in [9.17, 15) is 0 Å². The first-order chi connectivity index (χ1) is 11.5. The smallest absolute Gasteiger partial charge is 0.191 e. The summed E-state index contributed by atoms with van der Waals surface area (Å²) in [6.07, 6.45) is 0. The lowest BCUT2D eigenvalue weighted by molar-refractivity contribution is 0.321. The van der Waals surface area contributed by atoms with Gasteiger partial charge in [0.15, 0.2) is 5.96 Å². The standard InChI is InChI=1S/C18H26N4OS/c1-12-8-13(2)10-16(9-12)23-7-6-20-18(19-5)21-11-17-22-14(3)15(4)24-17/h8-10H,6-7,11H2,1-5H3,(H2,19,20,21). The zero-order chi connectivity index (χ0) is 17.5. The molecule has 0 radical (unpaired) electrons. The maximum atomic E-state index is 5.79. The molecule has 0 amide bonds. The molecule has 1 aromatic heterocycles. The van der Waals surface area contributed by atoms with Gasteiger partial charge in [0.2, 0.25) is 0 Å². The van der Waals surface area contributed by atoms with Crippen molar-refractivity contribution in [1.82, 2.24) is 15.6 Å². The molecular formula is C18H26N4OS. The van der Waals surface area contributed by atoms with Gasteiger partial charge in [0, 0.05) is 11.9 Å². The van der Waals surface area contributed by atoms with E-state index in [2.05, 4.69) is 47.4 Å². The van der Waals surface area contributed by atoms with Crippen LogP contribution in [0.5, 0.6) is 5.75 Å².